The number of benzene rings is 2. The number of anilines is 1. The molecule has 0 radical (unpaired) electrons. The van der Waals surface area contributed by atoms with Crippen LogP contribution < -0.4 is 4.90 Å². The average molecular weight is 506 g/mol. The molecule has 2 aromatic carbocycles. The van der Waals surface area contributed by atoms with Crippen LogP contribution in [0.15, 0.2) is 66.7 Å². The number of hydrogen-bond donors (Lipinski definition) is 0. The second-order valence-corrected chi connectivity index (χ2v) is 9.47. The van der Waals surface area contributed by atoms with E-state index in [0.717, 1.165) is 29.1 Å². The van der Waals surface area contributed by atoms with Crippen molar-refractivity contribution in [2.45, 2.75) is 32.7 Å². The Bertz CT molecular complexity index is 1160. The first-order valence-electron chi connectivity index (χ1n) is 12.4. The number of aromatic nitrogens is 2. The molecule has 2 heterocycles. The summed E-state index contributed by atoms with van der Waals surface area (Å²) in [6, 6.07) is 21.1. The number of carbonyl (C=O) groups excluding carboxylic acids is 2. The van der Waals surface area contributed by atoms with Crippen LogP contribution in [-0.4, -0.2) is 70.6 Å². The first-order valence-corrected chi connectivity index (χ1v) is 12.8. The van der Waals surface area contributed by atoms with Crippen LogP contribution in [0.2, 0.25) is 5.02 Å². The molecule has 2 amide bonds. The molecular formula is C28H32ClN5O2. The van der Waals surface area contributed by atoms with E-state index in [-0.39, 0.29) is 24.4 Å². The minimum absolute atomic E-state index is 0.00152. The lowest BCUT2D eigenvalue weighted by Crippen LogP contribution is -2.53. The van der Waals surface area contributed by atoms with Gasteiger partial charge in [-0.2, -0.15) is 0 Å². The topological polar surface area (TPSA) is 69.6 Å². The molecule has 36 heavy (non-hydrogen) atoms. The maximum absolute atomic E-state index is 13.1. The molecule has 1 aromatic heterocycles. The lowest BCUT2D eigenvalue weighted by molar-refractivity contribution is -0.142. The molecule has 188 valence electrons. The van der Waals surface area contributed by atoms with Crippen molar-refractivity contribution in [1.29, 1.82) is 0 Å². The summed E-state index contributed by atoms with van der Waals surface area (Å²) in [6.45, 7) is 6.61. The molecule has 1 saturated heterocycles. The van der Waals surface area contributed by atoms with Gasteiger partial charge in [-0.15, -0.1) is 10.2 Å². The Hall–Kier alpha value is -3.45. The molecule has 4 rings (SSSR count). The molecular weight excluding hydrogens is 474 g/mol. The molecule has 7 nitrogen and oxygen atoms in total. The third-order valence-corrected chi connectivity index (χ3v) is 7.03. The molecule has 0 spiro atoms. The van der Waals surface area contributed by atoms with Crippen molar-refractivity contribution >= 4 is 29.2 Å². The summed E-state index contributed by atoms with van der Waals surface area (Å²) in [5.74, 6) is 0.741. The summed E-state index contributed by atoms with van der Waals surface area (Å²) in [4.78, 5) is 31.9. The first kappa shape index (κ1) is 25.6. The SMILES string of the molecule is CCC(C)N(CC(=O)N1CCN(c2ccc(-c3ccccc3Cl)nn2)CC1)C(=O)Cc1ccccc1. The quantitative estimate of drug-likeness (QED) is 0.456. The summed E-state index contributed by atoms with van der Waals surface area (Å²) >= 11 is 6.28. The highest BCUT2D eigenvalue weighted by atomic mass is 35.5. The number of nitrogens with zero attached hydrogens (tertiary/aromatic N) is 5. The summed E-state index contributed by atoms with van der Waals surface area (Å²) < 4.78 is 0. The zero-order valence-electron chi connectivity index (χ0n) is 20.8. The van der Waals surface area contributed by atoms with Gasteiger partial charge >= 0.3 is 0 Å². The Morgan fingerprint density at radius 3 is 2.28 bits per heavy atom. The van der Waals surface area contributed by atoms with E-state index in [9.17, 15) is 9.59 Å². The van der Waals surface area contributed by atoms with E-state index in [1.165, 1.54) is 0 Å². The minimum atomic E-state index is -0.0172. The van der Waals surface area contributed by atoms with Gasteiger partial charge < -0.3 is 14.7 Å². The van der Waals surface area contributed by atoms with E-state index in [4.69, 9.17) is 11.6 Å². The minimum Gasteiger partial charge on any atom is -0.352 e. The highest BCUT2D eigenvalue weighted by Gasteiger charge is 2.27. The van der Waals surface area contributed by atoms with Gasteiger partial charge in [0.05, 0.1) is 17.1 Å². The van der Waals surface area contributed by atoms with Crippen LogP contribution in [0.25, 0.3) is 11.3 Å². The molecule has 1 aliphatic rings. The molecule has 0 bridgehead atoms. The standard InChI is InChI=1S/C28H32ClN5O2/c1-3-21(2)34(27(35)19-22-9-5-4-6-10-22)20-28(36)33-17-15-32(16-18-33)26-14-13-25(30-31-26)23-11-7-8-12-24(23)29/h4-14,21H,3,15-20H2,1-2H3. The Labute approximate surface area is 217 Å². The highest BCUT2D eigenvalue weighted by Crippen LogP contribution is 2.26. The van der Waals surface area contributed by atoms with Gasteiger partial charge in [0.15, 0.2) is 5.82 Å². The molecule has 0 aliphatic carbocycles. The third-order valence-electron chi connectivity index (χ3n) is 6.70. The second kappa shape index (κ2) is 12.0. The van der Waals surface area contributed by atoms with Crippen LogP contribution in [0.5, 0.6) is 0 Å². The molecule has 1 unspecified atom stereocenters. The van der Waals surface area contributed by atoms with Gasteiger partial charge in [-0.1, -0.05) is 67.1 Å². The summed E-state index contributed by atoms with van der Waals surface area (Å²) in [7, 11) is 0. The predicted octanol–water partition coefficient (Wildman–Crippen LogP) is 4.32. The van der Waals surface area contributed by atoms with Crippen LogP contribution in [0.3, 0.4) is 0 Å². The molecule has 0 N–H and O–H groups in total. The zero-order chi connectivity index (χ0) is 25.5. The normalized spacial score (nSPS) is 14.4. The average Bonchev–Trinajstić information content (AvgIpc) is 2.92. The van der Waals surface area contributed by atoms with E-state index >= 15 is 0 Å². The maximum Gasteiger partial charge on any atom is 0.242 e. The summed E-state index contributed by atoms with van der Waals surface area (Å²) in [5.41, 5.74) is 2.53. The van der Waals surface area contributed by atoms with Crippen LogP contribution in [0.1, 0.15) is 25.8 Å². The lowest BCUT2D eigenvalue weighted by atomic mass is 10.1. The molecule has 0 saturated carbocycles. The van der Waals surface area contributed by atoms with Crippen molar-refractivity contribution in [1.82, 2.24) is 20.0 Å². The van der Waals surface area contributed by atoms with Gasteiger partial charge in [0.1, 0.15) is 6.54 Å². The number of carbonyl (C=O) groups is 2. The second-order valence-electron chi connectivity index (χ2n) is 9.07. The molecule has 3 aromatic rings. The lowest BCUT2D eigenvalue weighted by Gasteiger charge is -2.37. The summed E-state index contributed by atoms with van der Waals surface area (Å²) in [5, 5.41) is 9.40. The van der Waals surface area contributed by atoms with Crippen molar-refractivity contribution in [2.24, 2.45) is 0 Å². The van der Waals surface area contributed by atoms with Crippen molar-refractivity contribution < 1.29 is 9.59 Å². The van der Waals surface area contributed by atoms with Gasteiger partial charge in [0, 0.05) is 37.8 Å². The molecule has 1 fully saturated rings. The Kier molecular flexibility index (Phi) is 8.54. The largest absolute Gasteiger partial charge is 0.352 e. The monoisotopic (exact) mass is 505 g/mol. The van der Waals surface area contributed by atoms with Gasteiger partial charge in [0.25, 0.3) is 0 Å². The predicted molar refractivity (Wildman–Crippen MR) is 143 cm³/mol. The molecule has 1 atom stereocenters. The van der Waals surface area contributed by atoms with Crippen LogP contribution >= 0.6 is 11.6 Å². The highest BCUT2D eigenvalue weighted by molar-refractivity contribution is 6.33. The van der Waals surface area contributed by atoms with E-state index < -0.39 is 0 Å². The van der Waals surface area contributed by atoms with Crippen molar-refractivity contribution in [3.05, 3.63) is 77.3 Å². The number of hydrogen-bond acceptors (Lipinski definition) is 5. The number of amides is 2. The van der Waals surface area contributed by atoms with Crippen molar-refractivity contribution in [3.63, 3.8) is 0 Å². The number of halogens is 1. The fourth-order valence-corrected chi connectivity index (χ4v) is 4.55. The van der Waals surface area contributed by atoms with Gasteiger partial charge in [0.2, 0.25) is 11.8 Å². The van der Waals surface area contributed by atoms with Gasteiger partial charge in [-0.05, 0) is 37.1 Å². The van der Waals surface area contributed by atoms with Gasteiger partial charge in [-0.25, -0.2) is 0 Å². The van der Waals surface area contributed by atoms with E-state index in [2.05, 4.69) is 15.1 Å². The Balaban J connectivity index is 1.34. The summed E-state index contributed by atoms with van der Waals surface area (Å²) in [6.07, 6.45) is 1.10. The zero-order valence-corrected chi connectivity index (χ0v) is 21.6. The van der Waals surface area contributed by atoms with Crippen LogP contribution in [0.4, 0.5) is 5.82 Å². The molecule has 1 aliphatic heterocycles. The molecule has 8 heteroatoms. The van der Waals surface area contributed by atoms with Crippen LogP contribution in [0, 0.1) is 0 Å². The van der Waals surface area contributed by atoms with E-state index in [1.54, 1.807) is 4.90 Å². The van der Waals surface area contributed by atoms with E-state index in [1.807, 2.05) is 85.5 Å². The van der Waals surface area contributed by atoms with E-state index in [0.29, 0.717) is 37.6 Å². The van der Waals surface area contributed by atoms with Gasteiger partial charge in [-0.3, -0.25) is 9.59 Å². The number of piperazine rings is 1. The Morgan fingerprint density at radius 2 is 1.64 bits per heavy atom. The van der Waals surface area contributed by atoms with Crippen molar-refractivity contribution in [3.8, 4) is 11.3 Å². The number of rotatable bonds is 8. The smallest absolute Gasteiger partial charge is 0.242 e. The first-order chi connectivity index (χ1) is 17.5. The van der Waals surface area contributed by atoms with Crippen molar-refractivity contribution in [2.75, 3.05) is 37.6 Å². The fraction of sp³-hybridized carbons (Fsp3) is 0.357. The Morgan fingerprint density at radius 1 is 0.944 bits per heavy atom. The third kappa shape index (κ3) is 6.21. The fourth-order valence-electron chi connectivity index (χ4n) is 4.32. The van der Waals surface area contributed by atoms with Crippen LogP contribution in [-0.2, 0) is 16.0 Å². The maximum atomic E-state index is 13.1.